The molecular weight excluding hydrogens is 380 g/mol. The van der Waals surface area contributed by atoms with Gasteiger partial charge in [-0.05, 0) is 32.0 Å². The number of benzene rings is 1. The summed E-state index contributed by atoms with van der Waals surface area (Å²) >= 11 is 5.97. The maximum atomic E-state index is 12.7. The first-order valence-electron chi connectivity index (χ1n) is 9.14. The summed E-state index contributed by atoms with van der Waals surface area (Å²) in [6.45, 7) is 6.38. The molecule has 1 fully saturated rings. The second-order valence-electron chi connectivity index (χ2n) is 6.79. The van der Waals surface area contributed by atoms with Gasteiger partial charge in [-0.1, -0.05) is 17.7 Å². The number of aryl methyl sites for hydroxylation is 1. The lowest BCUT2D eigenvalue weighted by molar-refractivity contribution is -0.138. The molecule has 1 aliphatic rings. The smallest absolute Gasteiger partial charge is 0.263 e. The first kappa shape index (κ1) is 18.5. The van der Waals surface area contributed by atoms with Gasteiger partial charge in [0.15, 0.2) is 6.10 Å². The standard InChI is InChI=1S/C19H21ClN6O2/c1-13-10-17(22-19-23-21-12-26(13)19)24-6-8-25(9-7-24)18(27)14(2)28-16-5-3-4-15(20)11-16/h3-5,10-12,14H,6-9H2,1-2H3/t14-/m0/s1. The van der Waals surface area contributed by atoms with Crippen molar-refractivity contribution in [3.63, 3.8) is 0 Å². The van der Waals surface area contributed by atoms with E-state index in [0.29, 0.717) is 42.7 Å². The molecule has 0 radical (unpaired) electrons. The Morgan fingerprint density at radius 1 is 1.21 bits per heavy atom. The van der Waals surface area contributed by atoms with E-state index in [2.05, 4.69) is 20.1 Å². The lowest BCUT2D eigenvalue weighted by atomic mass is 10.2. The van der Waals surface area contributed by atoms with Crippen LogP contribution in [0.2, 0.25) is 5.02 Å². The van der Waals surface area contributed by atoms with Gasteiger partial charge in [-0.25, -0.2) is 0 Å². The molecule has 0 aliphatic carbocycles. The van der Waals surface area contributed by atoms with Crippen molar-refractivity contribution in [2.24, 2.45) is 0 Å². The number of aromatic nitrogens is 4. The van der Waals surface area contributed by atoms with E-state index < -0.39 is 6.10 Å². The monoisotopic (exact) mass is 400 g/mol. The average Bonchev–Trinajstić information content (AvgIpc) is 3.17. The van der Waals surface area contributed by atoms with Crippen molar-refractivity contribution in [3.8, 4) is 5.75 Å². The third kappa shape index (κ3) is 3.73. The number of carbonyl (C=O) groups excluding carboxylic acids is 1. The van der Waals surface area contributed by atoms with Gasteiger partial charge in [-0.3, -0.25) is 9.20 Å². The number of anilines is 1. The van der Waals surface area contributed by atoms with Gasteiger partial charge >= 0.3 is 0 Å². The average molecular weight is 401 g/mol. The third-order valence-electron chi connectivity index (χ3n) is 4.83. The highest BCUT2D eigenvalue weighted by molar-refractivity contribution is 6.30. The number of amides is 1. The molecule has 0 saturated carbocycles. The Morgan fingerprint density at radius 3 is 2.75 bits per heavy atom. The maximum Gasteiger partial charge on any atom is 0.263 e. The lowest BCUT2D eigenvalue weighted by Crippen LogP contribution is -2.52. The molecule has 0 unspecified atom stereocenters. The number of fused-ring (bicyclic) bond motifs is 1. The molecule has 2 aromatic heterocycles. The molecule has 4 rings (SSSR count). The fourth-order valence-corrected chi connectivity index (χ4v) is 3.50. The number of rotatable bonds is 4. The van der Waals surface area contributed by atoms with E-state index in [1.165, 1.54) is 0 Å². The number of nitrogens with zero attached hydrogens (tertiary/aromatic N) is 6. The molecule has 1 aliphatic heterocycles. The summed E-state index contributed by atoms with van der Waals surface area (Å²) in [5.41, 5.74) is 1.02. The molecular formula is C19H21ClN6O2. The predicted molar refractivity (Wildman–Crippen MR) is 106 cm³/mol. The first-order chi connectivity index (χ1) is 13.5. The molecule has 1 aromatic carbocycles. The second kappa shape index (κ2) is 7.63. The van der Waals surface area contributed by atoms with Crippen molar-refractivity contribution in [1.29, 1.82) is 0 Å². The fourth-order valence-electron chi connectivity index (χ4n) is 3.31. The molecule has 146 valence electrons. The van der Waals surface area contributed by atoms with E-state index in [0.717, 1.165) is 11.5 Å². The van der Waals surface area contributed by atoms with E-state index in [-0.39, 0.29) is 5.91 Å². The third-order valence-corrected chi connectivity index (χ3v) is 5.07. The van der Waals surface area contributed by atoms with Crippen LogP contribution < -0.4 is 9.64 Å². The van der Waals surface area contributed by atoms with Crippen LogP contribution in [0.3, 0.4) is 0 Å². The van der Waals surface area contributed by atoms with Gasteiger partial charge in [-0.15, -0.1) is 10.2 Å². The largest absolute Gasteiger partial charge is 0.481 e. The summed E-state index contributed by atoms with van der Waals surface area (Å²) in [5, 5.41) is 8.51. The molecule has 0 N–H and O–H groups in total. The normalized spacial score (nSPS) is 15.7. The summed E-state index contributed by atoms with van der Waals surface area (Å²) in [6.07, 6.45) is 1.08. The zero-order chi connectivity index (χ0) is 19.7. The molecule has 9 heteroatoms. The number of carbonyl (C=O) groups is 1. The van der Waals surface area contributed by atoms with Crippen LogP contribution in [0.4, 0.5) is 5.82 Å². The zero-order valence-corrected chi connectivity index (χ0v) is 16.5. The van der Waals surface area contributed by atoms with Gasteiger partial charge in [0.25, 0.3) is 11.7 Å². The van der Waals surface area contributed by atoms with Crippen LogP contribution >= 0.6 is 11.6 Å². The van der Waals surface area contributed by atoms with E-state index in [1.54, 1.807) is 37.5 Å². The van der Waals surface area contributed by atoms with Crippen LogP contribution in [0.25, 0.3) is 5.78 Å². The number of piperazine rings is 1. The highest BCUT2D eigenvalue weighted by atomic mass is 35.5. The molecule has 1 atom stereocenters. The van der Waals surface area contributed by atoms with Crippen molar-refractivity contribution < 1.29 is 9.53 Å². The van der Waals surface area contributed by atoms with Crippen LogP contribution in [-0.2, 0) is 4.79 Å². The van der Waals surface area contributed by atoms with Crippen molar-refractivity contribution >= 4 is 29.1 Å². The van der Waals surface area contributed by atoms with Gasteiger partial charge < -0.3 is 14.5 Å². The van der Waals surface area contributed by atoms with Crippen LogP contribution in [0.1, 0.15) is 12.6 Å². The number of ether oxygens (including phenoxy) is 1. The Morgan fingerprint density at radius 2 is 2.00 bits per heavy atom. The summed E-state index contributed by atoms with van der Waals surface area (Å²) < 4.78 is 7.60. The Hall–Kier alpha value is -2.87. The Bertz CT molecular complexity index is 999. The molecule has 1 amide bonds. The summed E-state index contributed by atoms with van der Waals surface area (Å²) in [4.78, 5) is 21.3. The summed E-state index contributed by atoms with van der Waals surface area (Å²) in [5.74, 6) is 2.00. The minimum absolute atomic E-state index is 0.0309. The van der Waals surface area contributed by atoms with E-state index in [4.69, 9.17) is 16.3 Å². The molecule has 0 spiro atoms. The number of hydrogen-bond acceptors (Lipinski definition) is 6. The molecule has 3 aromatic rings. The van der Waals surface area contributed by atoms with Crippen LogP contribution in [0.5, 0.6) is 5.75 Å². The Labute approximate surface area is 167 Å². The molecule has 1 saturated heterocycles. The second-order valence-corrected chi connectivity index (χ2v) is 7.22. The van der Waals surface area contributed by atoms with Gasteiger partial charge in [0, 0.05) is 43.0 Å². The van der Waals surface area contributed by atoms with Gasteiger partial charge in [0.1, 0.15) is 17.9 Å². The van der Waals surface area contributed by atoms with Crippen LogP contribution in [0, 0.1) is 6.92 Å². The molecule has 0 bridgehead atoms. The minimum atomic E-state index is -0.572. The van der Waals surface area contributed by atoms with E-state index >= 15 is 0 Å². The zero-order valence-electron chi connectivity index (χ0n) is 15.7. The highest BCUT2D eigenvalue weighted by Gasteiger charge is 2.27. The van der Waals surface area contributed by atoms with Gasteiger partial charge in [-0.2, -0.15) is 4.98 Å². The minimum Gasteiger partial charge on any atom is -0.481 e. The van der Waals surface area contributed by atoms with E-state index in [1.807, 2.05) is 22.3 Å². The van der Waals surface area contributed by atoms with Crippen LogP contribution in [0.15, 0.2) is 36.7 Å². The topological polar surface area (TPSA) is 75.9 Å². The predicted octanol–water partition coefficient (Wildman–Crippen LogP) is 2.20. The summed E-state index contributed by atoms with van der Waals surface area (Å²) in [7, 11) is 0. The van der Waals surface area contributed by atoms with Crippen molar-refractivity contribution in [3.05, 3.63) is 47.4 Å². The van der Waals surface area contributed by atoms with Gasteiger partial charge in [0.05, 0.1) is 0 Å². The molecule has 28 heavy (non-hydrogen) atoms. The molecule has 8 nitrogen and oxygen atoms in total. The van der Waals surface area contributed by atoms with Crippen LogP contribution in [-0.4, -0.2) is 62.7 Å². The Balaban J connectivity index is 1.38. The van der Waals surface area contributed by atoms with E-state index in [9.17, 15) is 4.79 Å². The van der Waals surface area contributed by atoms with Crippen molar-refractivity contribution in [2.75, 3.05) is 31.1 Å². The lowest BCUT2D eigenvalue weighted by Gasteiger charge is -2.36. The maximum absolute atomic E-state index is 12.7. The number of halogens is 1. The van der Waals surface area contributed by atoms with Crippen molar-refractivity contribution in [1.82, 2.24) is 24.5 Å². The van der Waals surface area contributed by atoms with Gasteiger partial charge in [0.2, 0.25) is 0 Å². The molecule has 3 heterocycles. The first-order valence-corrected chi connectivity index (χ1v) is 9.52. The number of hydrogen-bond donors (Lipinski definition) is 0. The highest BCUT2D eigenvalue weighted by Crippen LogP contribution is 2.20. The SMILES string of the molecule is Cc1cc(N2CCN(C(=O)[C@H](C)Oc3cccc(Cl)c3)CC2)nc2nncn12. The fraction of sp³-hybridized carbons (Fsp3) is 0.368. The quantitative estimate of drug-likeness (QED) is 0.668. The van der Waals surface area contributed by atoms with Crippen molar-refractivity contribution in [2.45, 2.75) is 20.0 Å². The summed E-state index contributed by atoms with van der Waals surface area (Å²) in [6, 6.07) is 9.08. The Kier molecular flexibility index (Phi) is 5.04.